The van der Waals surface area contributed by atoms with Crippen molar-refractivity contribution in [2.24, 2.45) is 4.99 Å². The van der Waals surface area contributed by atoms with Gasteiger partial charge in [-0.2, -0.15) is 0 Å². The van der Waals surface area contributed by atoms with Crippen LogP contribution in [0.2, 0.25) is 0 Å². The van der Waals surface area contributed by atoms with E-state index in [1.54, 1.807) is 0 Å². The molecule has 0 spiro atoms. The zero-order valence-electron chi connectivity index (χ0n) is 20.6. The van der Waals surface area contributed by atoms with Gasteiger partial charge in [0.15, 0.2) is 0 Å². The van der Waals surface area contributed by atoms with E-state index in [4.69, 9.17) is 14.7 Å². The smallest absolute Gasteiger partial charge is 0.0900 e. The normalized spacial score (nSPS) is 15.0. The minimum atomic E-state index is 0.231. The van der Waals surface area contributed by atoms with Crippen molar-refractivity contribution in [1.82, 2.24) is 14.5 Å². The van der Waals surface area contributed by atoms with Gasteiger partial charge in [0, 0.05) is 24.6 Å². The number of anilines is 2. The Kier molecular flexibility index (Phi) is 5.95. The summed E-state index contributed by atoms with van der Waals surface area (Å²) in [5, 5.41) is 4.48. The first-order valence-corrected chi connectivity index (χ1v) is 12.5. The fourth-order valence-electron chi connectivity index (χ4n) is 4.73. The van der Waals surface area contributed by atoms with Crippen molar-refractivity contribution < 1.29 is 4.74 Å². The Balaban J connectivity index is 1.61. The van der Waals surface area contributed by atoms with Crippen LogP contribution in [0.3, 0.4) is 0 Å². The molecule has 3 aromatic rings. The minimum absolute atomic E-state index is 0.231. The van der Waals surface area contributed by atoms with Gasteiger partial charge in [-0.05, 0) is 75.2 Å². The molecule has 0 unspecified atom stereocenters. The first kappa shape index (κ1) is 22.4. The standard InChI is InChI=1S/C30H29N5O/c1-20-7-11-24(12-8-20)35-29-6-4-3-5-25(29)34-28-17-26(33-23-10-9-21(2)31-19-23)27(18-30(28)35)32-22-13-15-36-16-14-22/h3-12,17-19,22,33H,13-16H2,1-2H3/b32-27+. The highest BCUT2D eigenvalue weighted by Gasteiger charge is 2.18. The molecule has 0 radical (unpaired) electrons. The van der Waals surface area contributed by atoms with Gasteiger partial charge in [-0.3, -0.25) is 9.98 Å². The predicted molar refractivity (Wildman–Crippen MR) is 144 cm³/mol. The molecule has 1 N–H and O–H groups in total. The lowest BCUT2D eigenvalue weighted by Gasteiger charge is -2.22. The molecule has 1 fully saturated rings. The van der Waals surface area contributed by atoms with Gasteiger partial charge in [-0.25, -0.2) is 4.98 Å². The van der Waals surface area contributed by atoms with Crippen LogP contribution in [0, 0.1) is 13.8 Å². The highest BCUT2D eigenvalue weighted by atomic mass is 16.5. The second kappa shape index (κ2) is 9.55. The summed E-state index contributed by atoms with van der Waals surface area (Å²) in [6, 6.07) is 25.5. The summed E-state index contributed by atoms with van der Waals surface area (Å²) in [6.45, 7) is 5.61. The van der Waals surface area contributed by atoms with E-state index in [1.165, 1.54) is 5.56 Å². The summed E-state index contributed by atoms with van der Waals surface area (Å²) in [5.74, 6) is 0. The third kappa shape index (κ3) is 4.48. The molecular formula is C30H29N5O. The number of benzene rings is 3. The van der Waals surface area contributed by atoms with Crippen LogP contribution in [-0.2, 0) is 4.74 Å². The Hall–Kier alpha value is -4.03. The van der Waals surface area contributed by atoms with E-state index in [0.29, 0.717) is 0 Å². The van der Waals surface area contributed by atoms with E-state index in [-0.39, 0.29) is 6.04 Å². The number of rotatable bonds is 4. The van der Waals surface area contributed by atoms with Gasteiger partial charge in [0.1, 0.15) is 0 Å². The molecule has 6 nitrogen and oxygen atoms in total. The first-order valence-electron chi connectivity index (χ1n) is 12.5. The number of nitrogens with zero attached hydrogens (tertiary/aromatic N) is 4. The van der Waals surface area contributed by atoms with E-state index >= 15 is 0 Å². The molecule has 1 aromatic heterocycles. The molecule has 6 heteroatoms. The molecule has 3 heterocycles. The average Bonchev–Trinajstić information content (AvgIpc) is 2.90. The van der Waals surface area contributed by atoms with Gasteiger partial charge in [0.2, 0.25) is 0 Å². The number of aromatic nitrogens is 3. The maximum Gasteiger partial charge on any atom is 0.0900 e. The molecule has 3 aliphatic rings. The summed E-state index contributed by atoms with van der Waals surface area (Å²) in [4.78, 5) is 14.7. The minimum Gasteiger partial charge on any atom is -0.381 e. The molecule has 2 aromatic carbocycles. The maximum atomic E-state index is 5.58. The fraction of sp³-hybridized carbons (Fsp3) is 0.233. The Morgan fingerprint density at radius 3 is 2.53 bits per heavy atom. The van der Waals surface area contributed by atoms with Crippen LogP contribution in [0.1, 0.15) is 24.1 Å². The first-order chi connectivity index (χ1) is 17.6. The Morgan fingerprint density at radius 2 is 1.75 bits per heavy atom. The van der Waals surface area contributed by atoms with Crippen LogP contribution < -0.4 is 10.7 Å². The summed E-state index contributed by atoms with van der Waals surface area (Å²) >= 11 is 0. The van der Waals surface area contributed by atoms with Crippen molar-refractivity contribution in [1.29, 1.82) is 0 Å². The molecule has 0 atom stereocenters. The highest BCUT2D eigenvalue weighted by molar-refractivity contribution is 5.84. The third-order valence-electron chi connectivity index (χ3n) is 6.69. The largest absolute Gasteiger partial charge is 0.381 e. The predicted octanol–water partition coefficient (Wildman–Crippen LogP) is 5.97. The summed E-state index contributed by atoms with van der Waals surface area (Å²) < 4.78 is 7.87. The molecular weight excluding hydrogens is 446 g/mol. The number of pyridine rings is 1. The van der Waals surface area contributed by atoms with Gasteiger partial charge < -0.3 is 14.6 Å². The Morgan fingerprint density at radius 1 is 0.944 bits per heavy atom. The summed E-state index contributed by atoms with van der Waals surface area (Å²) in [5.41, 5.74) is 9.11. The summed E-state index contributed by atoms with van der Waals surface area (Å²) in [7, 11) is 0. The molecule has 2 aliphatic heterocycles. The highest BCUT2D eigenvalue weighted by Crippen LogP contribution is 2.30. The third-order valence-corrected chi connectivity index (χ3v) is 6.69. The van der Waals surface area contributed by atoms with Gasteiger partial charge in [-0.15, -0.1) is 0 Å². The Labute approximate surface area is 210 Å². The number of hydrogen-bond acceptors (Lipinski definition) is 5. The SMILES string of the molecule is Cc1ccc(-n2c3c/c(=N\C4CCOCC4)c(Nc4ccc(C)nc4)cc-3nc3ccccc32)cc1. The van der Waals surface area contributed by atoms with Gasteiger partial charge >= 0.3 is 0 Å². The van der Waals surface area contributed by atoms with E-state index < -0.39 is 0 Å². The van der Waals surface area contributed by atoms with E-state index in [1.807, 2.05) is 31.3 Å². The zero-order valence-corrected chi connectivity index (χ0v) is 20.6. The quantitative estimate of drug-likeness (QED) is 0.326. The van der Waals surface area contributed by atoms with Crippen LogP contribution >= 0.6 is 0 Å². The second-order valence-electron chi connectivity index (χ2n) is 9.42. The number of nitrogens with one attached hydrogen (secondary N) is 1. The van der Waals surface area contributed by atoms with Crippen molar-refractivity contribution in [2.75, 3.05) is 18.5 Å². The number of ether oxygens (including phenoxy) is 1. The molecule has 180 valence electrons. The van der Waals surface area contributed by atoms with E-state index in [2.05, 4.69) is 76.4 Å². The van der Waals surface area contributed by atoms with Crippen LogP contribution in [0.5, 0.6) is 0 Å². The molecule has 6 rings (SSSR count). The Bertz CT molecular complexity index is 1550. The molecule has 1 aliphatic carbocycles. The lowest BCUT2D eigenvalue weighted by molar-refractivity contribution is 0.0864. The monoisotopic (exact) mass is 475 g/mol. The number of aryl methyl sites for hydroxylation is 2. The lowest BCUT2D eigenvalue weighted by atomic mass is 10.1. The van der Waals surface area contributed by atoms with Gasteiger partial charge in [0.25, 0.3) is 0 Å². The molecule has 0 saturated carbocycles. The molecule has 0 amide bonds. The fourth-order valence-corrected chi connectivity index (χ4v) is 4.73. The van der Waals surface area contributed by atoms with Crippen LogP contribution in [-0.4, -0.2) is 33.8 Å². The second-order valence-corrected chi connectivity index (χ2v) is 9.42. The van der Waals surface area contributed by atoms with Crippen molar-refractivity contribution >= 4 is 22.4 Å². The van der Waals surface area contributed by atoms with Gasteiger partial charge in [0.05, 0.1) is 51.4 Å². The van der Waals surface area contributed by atoms with Crippen LogP contribution in [0.4, 0.5) is 11.4 Å². The van der Waals surface area contributed by atoms with E-state index in [9.17, 15) is 0 Å². The summed E-state index contributed by atoms with van der Waals surface area (Å²) in [6.07, 6.45) is 3.72. The number of fused-ring (bicyclic) bond motifs is 2. The topological polar surface area (TPSA) is 64.3 Å². The zero-order chi connectivity index (χ0) is 24.5. The van der Waals surface area contributed by atoms with E-state index in [0.717, 1.165) is 76.6 Å². The molecule has 1 saturated heterocycles. The lowest BCUT2D eigenvalue weighted by Crippen LogP contribution is -2.23. The van der Waals surface area contributed by atoms with Crippen LogP contribution in [0.25, 0.3) is 28.1 Å². The number of hydrogen-bond donors (Lipinski definition) is 1. The van der Waals surface area contributed by atoms with Crippen molar-refractivity contribution in [3.05, 3.63) is 95.6 Å². The van der Waals surface area contributed by atoms with Crippen LogP contribution in [0.15, 0.2) is 84.0 Å². The molecule has 36 heavy (non-hydrogen) atoms. The van der Waals surface area contributed by atoms with Crippen molar-refractivity contribution in [2.45, 2.75) is 32.7 Å². The number of para-hydroxylation sites is 2. The maximum absolute atomic E-state index is 5.58. The van der Waals surface area contributed by atoms with Crippen molar-refractivity contribution in [3.63, 3.8) is 0 Å². The van der Waals surface area contributed by atoms with Crippen molar-refractivity contribution in [3.8, 4) is 17.1 Å². The molecule has 0 bridgehead atoms. The average molecular weight is 476 g/mol. The van der Waals surface area contributed by atoms with Gasteiger partial charge in [-0.1, -0.05) is 29.8 Å².